The van der Waals surface area contributed by atoms with Crippen molar-refractivity contribution >= 4 is 5.71 Å². The van der Waals surface area contributed by atoms with Gasteiger partial charge in [0.2, 0.25) is 12.5 Å². The van der Waals surface area contributed by atoms with Gasteiger partial charge in [-0.1, -0.05) is 17.3 Å². The maximum Gasteiger partial charge on any atom is 0.231 e. The van der Waals surface area contributed by atoms with Crippen LogP contribution in [0.5, 0.6) is 23.0 Å². The molecule has 154 valence electrons. The van der Waals surface area contributed by atoms with Gasteiger partial charge in [0.25, 0.3) is 0 Å². The Balaban J connectivity index is 1.65. The summed E-state index contributed by atoms with van der Waals surface area (Å²) in [6, 6.07) is 9.87. The smallest absolute Gasteiger partial charge is 0.231 e. The topological polar surface area (TPSA) is 72.8 Å². The van der Waals surface area contributed by atoms with Gasteiger partial charge in [0, 0.05) is 31.0 Å². The average Bonchev–Trinajstić information content (AvgIpc) is 3.21. The number of fused-ring (bicyclic) bond motifs is 2. The van der Waals surface area contributed by atoms with Crippen molar-refractivity contribution in [2.45, 2.75) is 25.3 Å². The molecule has 0 bridgehead atoms. The Morgan fingerprint density at radius 2 is 2.10 bits per heavy atom. The van der Waals surface area contributed by atoms with E-state index in [1.807, 2.05) is 24.3 Å². The average molecular weight is 398 g/mol. The molecule has 0 amide bonds. The van der Waals surface area contributed by atoms with Crippen molar-refractivity contribution < 1.29 is 24.2 Å². The van der Waals surface area contributed by atoms with Gasteiger partial charge in [-0.25, -0.2) is 0 Å². The second-order valence-corrected chi connectivity index (χ2v) is 7.36. The molecule has 1 N–H and O–H groups in total. The predicted molar refractivity (Wildman–Crippen MR) is 109 cm³/mol. The van der Waals surface area contributed by atoms with Crippen molar-refractivity contribution in [2.24, 2.45) is 5.16 Å². The first-order chi connectivity index (χ1) is 14.1. The van der Waals surface area contributed by atoms with Gasteiger partial charge >= 0.3 is 0 Å². The molecule has 0 saturated heterocycles. The summed E-state index contributed by atoms with van der Waals surface area (Å²) in [5, 5.41) is 13.3. The molecule has 1 atom stereocenters. The van der Waals surface area contributed by atoms with E-state index in [0.717, 1.165) is 35.6 Å². The number of oxime groups is 1. The highest BCUT2D eigenvalue weighted by Gasteiger charge is 2.34. The van der Waals surface area contributed by atoms with Crippen LogP contribution in [-0.2, 0) is 12.8 Å². The Kier molecular flexibility index (Phi) is 5.49. The molecule has 2 aliphatic rings. The Bertz CT molecular complexity index is 928. The van der Waals surface area contributed by atoms with E-state index in [2.05, 4.69) is 23.2 Å². The summed E-state index contributed by atoms with van der Waals surface area (Å²) in [4.78, 5) is 2.27. The maximum atomic E-state index is 9.72. The van der Waals surface area contributed by atoms with Crippen molar-refractivity contribution in [1.29, 1.82) is 0 Å². The van der Waals surface area contributed by atoms with Gasteiger partial charge in [0.15, 0.2) is 11.5 Å². The summed E-state index contributed by atoms with van der Waals surface area (Å²) >= 11 is 0. The van der Waals surface area contributed by atoms with E-state index in [9.17, 15) is 5.21 Å². The van der Waals surface area contributed by atoms with Gasteiger partial charge in [-0.15, -0.1) is 0 Å². The van der Waals surface area contributed by atoms with E-state index in [1.54, 1.807) is 14.2 Å². The van der Waals surface area contributed by atoms with Crippen LogP contribution in [0.4, 0.5) is 0 Å². The van der Waals surface area contributed by atoms with Crippen LogP contribution < -0.4 is 18.9 Å². The van der Waals surface area contributed by atoms with E-state index in [-0.39, 0.29) is 12.8 Å². The normalized spacial score (nSPS) is 18.4. The quantitative estimate of drug-likeness (QED) is 0.457. The minimum Gasteiger partial charge on any atom is -0.497 e. The Morgan fingerprint density at radius 3 is 2.86 bits per heavy atom. The number of benzene rings is 2. The van der Waals surface area contributed by atoms with E-state index < -0.39 is 0 Å². The fourth-order valence-corrected chi connectivity index (χ4v) is 4.17. The molecule has 2 heterocycles. The SMILES string of the molecule is COc1cccc(CC(CC2c3c(cc4c(c3OC)OCO4)CCN2C)=NO)c1. The van der Waals surface area contributed by atoms with E-state index in [1.165, 1.54) is 5.56 Å². The molecule has 7 nitrogen and oxygen atoms in total. The molecule has 0 aromatic heterocycles. The van der Waals surface area contributed by atoms with Gasteiger partial charge in [0.05, 0.1) is 19.9 Å². The Labute approximate surface area is 170 Å². The highest BCUT2D eigenvalue weighted by molar-refractivity contribution is 5.87. The molecule has 0 spiro atoms. The van der Waals surface area contributed by atoms with E-state index >= 15 is 0 Å². The van der Waals surface area contributed by atoms with Crippen molar-refractivity contribution in [3.63, 3.8) is 0 Å². The largest absolute Gasteiger partial charge is 0.497 e. The lowest BCUT2D eigenvalue weighted by Crippen LogP contribution is -2.34. The molecular weight excluding hydrogens is 372 g/mol. The molecule has 0 aliphatic carbocycles. The van der Waals surface area contributed by atoms with Crippen LogP contribution in [0.1, 0.15) is 29.2 Å². The Hall–Kier alpha value is -2.93. The third-order valence-corrected chi connectivity index (χ3v) is 5.66. The van der Waals surface area contributed by atoms with E-state index in [0.29, 0.717) is 30.1 Å². The number of ether oxygens (including phenoxy) is 4. The van der Waals surface area contributed by atoms with Crippen molar-refractivity contribution in [3.05, 3.63) is 47.0 Å². The molecule has 29 heavy (non-hydrogen) atoms. The molecular formula is C22H26N2O5. The van der Waals surface area contributed by atoms with Gasteiger partial charge in [-0.3, -0.25) is 4.90 Å². The summed E-state index contributed by atoms with van der Waals surface area (Å²) in [7, 11) is 5.38. The zero-order chi connectivity index (χ0) is 20.4. The lowest BCUT2D eigenvalue weighted by atomic mass is 9.87. The predicted octanol–water partition coefficient (Wildman–Crippen LogP) is 3.42. The first-order valence-electron chi connectivity index (χ1n) is 9.67. The fraction of sp³-hybridized carbons (Fsp3) is 0.409. The number of methoxy groups -OCH3 is 2. The molecule has 1 unspecified atom stereocenters. The number of rotatable bonds is 6. The molecule has 4 rings (SSSR count). The zero-order valence-corrected chi connectivity index (χ0v) is 17.0. The first kappa shape index (κ1) is 19.4. The van der Waals surface area contributed by atoms with Gasteiger partial charge < -0.3 is 24.2 Å². The number of hydrogen-bond donors (Lipinski definition) is 1. The van der Waals surface area contributed by atoms with Gasteiger partial charge in [-0.2, -0.15) is 0 Å². The lowest BCUT2D eigenvalue weighted by Gasteiger charge is -2.36. The second kappa shape index (κ2) is 8.21. The molecule has 2 aromatic rings. The highest BCUT2D eigenvalue weighted by atomic mass is 16.7. The Morgan fingerprint density at radius 1 is 1.24 bits per heavy atom. The molecule has 0 saturated carbocycles. The molecule has 2 aliphatic heterocycles. The molecule has 2 aromatic carbocycles. The number of nitrogens with zero attached hydrogens (tertiary/aromatic N) is 2. The van der Waals surface area contributed by atoms with Crippen LogP contribution in [0.3, 0.4) is 0 Å². The summed E-state index contributed by atoms with van der Waals surface area (Å²) in [6.45, 7) is 1.10. The summed E-state index contributed by atoms with van der Waals surface area (Å²) in [5.74, 6) is 2.89. The van der Waals surface area contributed by atoms with Crippen LogP contribution in [-0.4, -0.2) is 50.4 Å². The minimum absolute atomic E-state index is 0.0136. The minimum atomic E-state index is 0.0136. The lowest BCUT2D eigenvalue weighted by molar-refractivity contribution is 0.170. The van der Waals surface area contributed by atoms with Gasteiger partial charge in [-0.05, 0) is 42.8 Å². The first-order valence-corrected chi connectivity index (χ1v) is 9.67. The van der Waals surface area contributed by atoms with Crippen LogP contribution in [0.2, 0.25) is 0 Å². The summed E-state index contributed by atoms with van der Waals surface area (Å²) in [6.07, 6.45) is 2.02. The zero-order valence-electron chi connectivity index (χ0n) is 17.0. The van der Waals surface area contributed by atoms with E-state index in [4.69, 9.17) is 18.9 Å². The van der Waals surface area contributed by atoms with Crippen molar-refractivity contribution in [1.82, 2.24) is 4.90 Å². The van der Waals surface area contributed by atoms with Crippen LogP contribution in [0.15, 0.2) is 35.5 Å². The fourth-order valence-electron chi connectivity index (χ4n) is 4.17. The van der Waals surface area contributed by atoms with Crippen LogP contribution in [0, 0.1) is 0 Å². The van der Waals surface area contributed by atoms with Crippen LogP contribution >= 0.6 is 0 Å². The third kappa shape index (κ3) is 3.70. The van der Waals surface area contributed by atoms with Crippen molar-refractivity contribution in [3.8, 4) is 23.0 Å². The molecule has 0 radical (unpaired) electrons. The van der Waals surface area contributed by atoms with Gasteiger partial charge in [0.1, 0.15) is 5.75 Å². The third-order valence-electron chi connectivity index (χ3n) is 5.66. The molecule has 0 fully saturated rings. The monoisotopic (exact) mass is 398 g/mol. The number of hydrogen-bond acceptors (Lipinski definition) is 7. The summed E-state index contributed by atoms with van der Waals surface area (Å²) < 4.78 is 22.3. The molecule has 7 heteroatoms. The van der Waals surface area contributed by atoms with Crippen molar-refractivity contribution in [2.75, 3.05) is 34.6 Å². The standard InChI is InChI=1S/C22H26N2O5/c1-24-8-7-15-11-19-21(29-13-28-19)22(27-3)20(15)18(24)12-16(23-25)9-14-5-4-6-17(10-14)26-2/h4-6,10-11,18,25H,7-9,12-13H2,1-3H3. The summed E-state index contributed by atoms with van der Waals surface area (Å²) in [5.41, 5.74) is 4.00. The maximum absolute atomic E-state index is 9.72. The van der Waals surface area contributed by atoms with Crippen LogP contribution in [0.25, 0.3) is 0 Å². The second-order valence-electron chi connectivity index (χ2n) is 7.36. The number of likely N-dealkylation sites (N-methyl/N-ethyl adjacent to an activating group) is 1. The highest BCUT2D eigenvalue weighted by Crippen LogP contribution is 2.50.